The van der Waals surface area contributed by atoms with Crippen LogP contribution in [0.5, 0.6) is 0 Å². The maximum Gasteiger partial charge on any atom is 0.304 e. The lowest BCUT2D eigenvalue weighted by Gasteiger charge is -2.38. The standard InChI is InChI=1S/2C29H38ClNO4.C28H36ClNO4.C27H34ClNO4/c1-17-11-23(30)9-7-20(17)14-24(32)15-21(8-10-25(33)34)27-26(19-5-6-19)28(35-31-27)22-12-18(13-22)16-29(2,3)4;1-4-18(5-2)11-19-12-23(13-19)29-27(20-8-9-20)28(31-35-29)22(16-26(33)34)15-24(32)14-21-7-6-17(3)10-25(21)30;1-16-5-6-19(23(29)9-16)12-22(31)13-20(14-24(32)33)26-25(18-7-8-18)27(34-30-26)21-10-17(11-21)15-28(2,3)4;1-15(2)8-17-10-21(11-17)27-25(18-5-6-18)26(29-33-27)20(14-24(31)32)13-22(30)12-19-9-16(3)4-7-23(19)28/h7,9,11,18-19,21-22H,5-6,8,10,12-16H2,1-4H3,(H,33,34);6-7,10,18-20,22-23H,4-5,8-9,11-16H2,1-3H3,(H,33,34);5-6,9,17-18,20-21H,7-8,10-15H2,1-4H3,(H,32,33);4,7,9,15,17-18,20-21H,5-6,8,10-14H2,1-3H3,(H,31,32). The van der Waals surface area contributed by atoms with E-state index in [0.717, 1.165) is 210 Å². The van der Waals surface area contributed by atoms with Crippen LogP contribution in [0.3, 0.4) is 0 Å². The highest BCUT2D eigenvalue weighted by molar-refractivity contribution is 6.32. The zero-order chi connectivity index (χ0) is 98.8. The predicted octanol–water partition coefficient (Wildman–Crippen LogP) is 29.2. The first-order chi connectivity index (χ1) is 65.0. The molecule has 4 N–H and O–H groups in total. The fraction of sp³-hybridized carbons (Fsp3) is 0.611. The number of aryl methyl sites for hydroxylation is 4. The number of nitrogens with zero attached hydrogens (tertiary/aromatic N) is 4. The normalized spacial score (nSPS) is 21.0. The fourth-order valence-electron chi connectivity index (χ4n) is 22.4. The number of Topliss-reactive ketones (excluding diaryl/α,β-unsaturated/α-hetero) is 4. The van der Waals surface area contributed by atoms with Crippen LogP contribution in [0.25, 0.3) is 0 Å². The van der Waals surface area contributed by atoms with Crippen LogP contribution >= 0.6 is 46.4 Å². The van der Waals surface area contributed by atoms with E-state index in [1.54, 1.807) is 12.1 Å². The molecular weight excluding hydrogens is 1810 g/mol. The Morgan fingerprint density at radius 3 is 1.00 bits per heavy atom. The molecule has 137 heavy (non-hydrogen) atoms. The number of carboxylic acid groups (broad SMARTS) is 4. The third-order valence-corrected chi connectivity index (χ3v) is 31.1. The van der Waals surface area contributed by atoms with Crippen LogP contribution in [0, 0.1) is 74.0 Å². The van der Waals surface area contributed by atoms with E-state index in [-0.39, 0.29) is 99.7 Å². The Morgan fingerprint density at radius 2 is 0.679 bits per heavy atom. The quantitative estimate of drug-likeness (QED) is 0.0275. The van der Waals surface area contributed by atoms with E-state index in [0.29, 0.717) is 126 Å². The van der Waals surface area contributed by atoms with Crippen LogP contribution in [0.15, 0.2) is 90.9 Å². The topological polar surface area (TPSA) is 322 Å². The molecule has 0 bridgehead atoms. The molecule has 0 amide bonds. The van der Waals surface area contributed by atoms with Crippen molar-refractivity contribution in [2.75, 3.05) is 0 Å². The summed E-state index contributed by atoms with van der Waals surface area (Å²) in [6.07, 6.45) is 26.6. The fourth-order valence-corrected chi connectivity index (χ4v) is 23.4. The minimum absolute atomic E-state index is 0.0152. The number of halogens is 4. The van der Waals surface area contributed by atoms with Crippen molar-refractivity contribution < 1.29 is 76.9 Å². The molecule has 0 radical (unpaired) electrons. The first-order valence-corrected chi connectivity index (χ1v) is 52.4. The highest BCUT2D eigenvalue weighted by Crippen LogP contribution is 2.59. The number of hydrogen-bond acceptors (Lipinski definition) is 16. The van der Waals surface area contributed by atoms with Gasteiger partial charge in [-0.1, -0.05) is 197 Å². The van der Waals surface area contributed by atoms with Crippen molar-refractivity contribution in [2.24, 2.45) is 46.3 Å². The molecule has 4 aromatic heterocycles. The van der Waals surface area contributed by atoms with Gasteiger partial charge in [-0.3, -0.25) is 38.4 Å². The number of carbonyl (C=O) groups is 8. The highest BCUT2D eigenvalue weighted by atomic mass is 35.5. The van der Waals surface area contributed by atoms with E-state index < -0.39 is 41.6 Å². The van der Waals surface area contributed by atoms with E-state index in [2.05, 4.69) is 89.9 Å². The lowest BCUT2D eigenvalue weighted by atomic mass is 9.66. The number of ketones is 4. The van der Waals surface area contributed by atoms with Crippen molar-refractivity contribution in [1.29, 1.82) is 0 Å². The van der Waals surface area contributed by atoms with Crippen molar-refractivity contribution in [3.8, 4) is 0 Å². The summed E-state index contributed by atoms with van der Waals surface area (Å²) >= 11 is 25.0. The number of carboxylic acids is 4. The Balaban J connectivity index is 0.000000154. The van der Waals surface area contributed by atoms with Gasteiger partial charge < -0.3 is 38.5 Å². The van der Waals surface area contributed by atoms with Gasteiger partial charge in [-0.15, -0.1) is 0 Å². The average molecular weight is 1960 g/mol. The SMILES string of the molecule is CCC(CC)CC1CC(c2onc(C(CC(=O)O)CC(=O)Cc3ccc(C)cc3Cl)c2C2CC2)C1.Cc1cc(Cl)ccc1CC(=O)CC(CCC(=O)O)c1noc(C2CC(CC(C)(C)C)C2)c1C1CC1.Cc1ccc(CC(=O)CC(CC(=O)O)c2noc(C3CC(CC(C)(C)C)C3)c2C2CC2)c(Cl)c1.Cc1ccc(Cl)c(CC(=O)CC(CC(=O)O)c2noc(C3CC(CC(C)C)C3)c2C2CC2)c1. The van der Waals surface area contributed by atoms with E-state index in [4.69, 9.17) is 64.5 Å². The molecule has 742 valence electrons. The van der Waals surface area contributed by atoms with Crippen molar-refractivity contribution in [1.82, 2.24) is 20.6 Å². The highest BCUT2D eigenvalue weighted by Gasteiger charge is 2.48. The minimum Gasteiger partial charge on any atom is -0.481 e. The Bertz CT molecular complexity index is 5540. The lowest BCUT2D eigenvalue weighted by Crippen LogP contribution is -2.26. The molecule has 8 fully saturated rings. The summed E-state index contributed by atoms with van der Waals surface area (Å²) in [5.74, 6) is 6.08. The van der Waals surface area contributed by atoms with E-state index in [1.165, 1.54) is 44.1 Å². The molecule has 8 saturated carbocycles. The van der Waals surface area contributed by atoms with Gasteiger partial charge >= 0.3 is 23.9 Å². The second-order valence-electron chi connectivity index (χ2n) is 45.2. The van der Waals surface area contributed by atoms with Crippen LogP contribution in [0.2, 0.25) is 20.1 Å². The molecule has 4 atom stereocenters. The molecule has 0 aliphatic heterocycles. The Morgan fingerprint density at radius 1 is 0.365 bits per heavy atom. The molecule has 8 aromatic rings. The molecule has 16 rings (SSSR count). The molecule has 4 unspecified atom stereocenters. The predicted molar refractivity (Wildman–Crippen MR) is 535 cm³/mol. The van der Waals surface area contributed by atoms with E-state index >= 15 is 0 Å². The molecule has 8 aliphatic carbocycles. The second kappa shape index (κ2) is 46.9. The van der Waals surface area contributed by atoms with Crippen molar-refractivity contribution in [2.45, 2.75) is 393 Å². The molecule has 0 saturated heterocycles. The van der Waals surface area contributed by atoms with Crippen LogP contribution < -0.4 is 0 Å². The largest absolute Gasteiger partial charge is 0.481 e. The van der Waals surface area contributed by atoms with Gasteiger partial charge in [0.05, 0.1) is 42.0 Å². The molecule has 4 heterocycles. The summed E-state index contributed by atoms with van der Waals surface area (Å²) < 4.78 is 23.7. The number of benzene rings is 4. The lowest BCUT2D eigenvalue weighted by molar-refractivity contribution is -0.138. The number of aromatic nitrogens is 4. The Labute approximate surface area is 829 Å². The van der Waals surface area contributed by atoms with Crippen LogP contribution in [-0.4, -0.2) is 88.1 Å². The smallest absolute Gasteiger partial charge is 0.304 e. The van der Waals surface area contributed by atoms with Gasteiger partial charge in [0.25, 0.3) is 0 Å². The van der Waals surface area contributed by atoms with Gasteiger partial charge in [-0.2, -0.15) is 0 Å². The summed E-state index contributed by atoms with van der Waals surface area (Å²) in [6, 6.07) is 22.5. The van der Waals surface area contributed by atoms with Crippen LogP contribution in [0.4, 0.5) is 0 Å². The third-order valence-electron chi connectivity index (χ3n) is 29.8. The van der Waals surface area contributed by atoms with Crippen LogP contribution in [-0.2, 0) is 64.0 Å². The average Bonchev–Trinajstić information content (AvgIpc) is 1.62. The molecule has 24 heteroatoms. The Kier molecular flexibility index (Phi) is 36.2. The zero-order valence-corrected chi connectivity index (χ0v) is 86.1. The van der Waals surface area contributed by atoms with Gasteiger partial charge in [0.15, 0.2) is 0 Å². The summed E-state index contributed by atoms with van der Waals surface area (Å²) in [7, 11) is 0. The van der Waals surface area contributed by atoms with Crippen LogP contribution in [0.1, 0.15) is 452 Å². The number of aliphatic carboxylic acids is 4. The monoisotopic (exact) mass is 1950 g/mol. The van der Waals surface area contributed by atoms with Crippen molar-refractivity contribution in [3.05, 3.63) is 205 Å². The summed E-state index contributed by atoms with van der Waals surface area (Å²) in [5, 5.41) is 58.2. The third kappa shape index (κ3) is 30.0. The number of hydrogen-bond donors (Lipinski definition) is 4. The first-order valence-electron chi connectivity index (χ1n) is 50.9. The van der Waals surface area contributed by atoms with Crippen molar-refractivity contribution >= 4 is 93.4 Å². The number of carbonyl (C=O) groups excluding carboxylic acids is 4. The minimum atomic E-state index is -0.925. The number of rotatable bonds is 45. The van der Waals surface area contributed by atoms with Gasteiger partial charge in [0.2, 0.25) is 0 Å². The molecule has 20 nitrogen and oxygen atoms in total. The molecule has 0 spiro atoms. The van der Waals surface area contributed by atoms with Gasteiger partial charge in [0.1, 0.15) is 46.2 Å². The summed E-state index contributed by atoms with van der Waals surface area (Å²) in [5.41, 5.74) is 15.5. The van der Waals surface area contributed by atoms with Crippen molar-refractivity contribution in [3.63, 3.8) is 0 Å². The Hall–Kier alpha value is -8.56. The molecule has 8 aliphatic rings. The first kappa shape index (κ1) is 106. The second-order valence-corrected chi connectivity index (χ2v) is 46.9. The molecule has 4 aromatic carbocycles. The summed E-state index contributed by atoms with van der Waals surface area (Å²) in [6.45, 7) is 30.6. The van der Waals surface area contributed by atoms with E-state index in [1.807, 2.05) is 88.4 Å². The zero-order valence-electron chi connectivity index (χ0n) is 83.1. The summed E-state index contributed by atoms with van der Waals surface area (Å²) in [4.78, 5) is 98.6. The van der Waals surface area contributed by atoms with Gasteiger partial charge in [0, 0.05) is 147 Å². The maximum atomic E-state index is 13.1. The maximum absolute atomic E-state index is 13.1. The van der Waals surface area contributed by atoms with E-state index in [9.17, 15) is 58.8 Å². The van der Waals surface area contributed by atoms with Gasteiger partial charge in [-0.05, 0) is 302 Å². The van der Waals surface area contributed by atoms with Gasteiger partial charge in [-0.25, -0.2) is 0 Å². The molecular formula is C113H146Cl4N4O16.